The Kier molecular flexibility index (Phi) is 6.32. The van der Waals surface area contributed by atoms with Crippen LogP contribution >= 0.6 is 11.6 Å². The first-order valence-corrected chi connectivity index (χ1v) is 10.7. The van der Waals surface area contributed by atoms with Gasteiger partial charge in [-0.25, -0.2) is 18.7 Å². The number of likely N-dealkylation sites (tertiary alicyclic amines) is 1. The highest BCUT2D eigenvalue weighted by Gasteiger charge is 2.28. The standard InChI is InChI=1S/C23H22ClF2N5O/c1-13(2)17-11-28-21(16-9-14(24)3-4-19(16)26)30-22(17)29-20-5-7-27-10-18(20)23(32)31-8-6-15(25)12-31/h3-5,7,9-11,13,15H,6,8,12H2,1-2H3,(H,27,28,29,30). The number of anilines is 2. The maximum absolute atomic E-state index is 14.4. The molecule has 0 spiro atoms. The van der Waals surface area contributed by atoms with Gasteiger partial charge in [0.2, 0.25) is 0 Å². The quantitative estimate of drug-likeness (QED) is 0.556. The van der Waals surface area contributed by atoms with Crippen LogP contribution in [0.15, 0.2) is 42.9 Å². The lowest BCUT2D eigenvalue weighted by atomic mass is 10.1. The highest BCUT2D eigenvalue weighted by atomic mass is 35.5. The van der Waals surface area contributed by atoms with Crippen molar-refractivity contribution in [2.24, 2.45) is 0 Å². The topological polar surface area (TPSA) is 71.0 Å². The summed E-state index contributed by atoms with van der Waals surface area (Å²) in [6, 6.07) is 5.84. The molecule has 0 radical (unpaired) electrons. The van der Waals surface area contributed by atoms with E-state index in [0.29, 0.717) is 35.1 Å². The number of rotatable bonds is 5. The minimum Gasteiger partial charge on any atom is -0.339 e. The fourth-order valence-electron chi connectivity index (χ4n) is 3.59. The van der Waals surface area contributed by atoms with E-state index in [4.69, 9.17) is 11.6 Å². The van der Waals surface area contributed by atoms with Crippen molar-refractivity contribution in [1.82, 2.24) is 19.9 Å². The smallest absolute Gasteiger partial charge is 0.257 e. The number of alkyl halides is 1. The van der Waals surface area contributed by atoms with Gasteiger partial charge in [0.1, 0.15) is 17.8 Å². The summed E-state index contributed by atoms with van der Waals surface area (Å²) >= 11 is 6.03. The van der Waals surface area contributed by atoms with E-state index in [0.717, 1.165) is 5.56 Å². The van der Waals surface area contributed by atoms with Crippen molar-refractivity contribution in [3.05, 3.63) is 64.8 Å². The van der Waals surface area contributed by atoms with Gasteiger partial charge < -0.3 is 10.2 Å². The molecule has 1 N–H and O–H groups in total. The Balaban J connectivity index is 1.73. The molecule has 0 saturated carbocycles. The lowest BCUT2D eigenvalue weighted by Gasteiger charge is -2.19. The summed E-state index contributed by atoms with van der Waals surface area (Å²) in [4.78, 5) is 27.4. The van der Waals surface area contributed by atoms with Crippen LogP contribution in [0.5, 0.6) is 0 Å². The van der Waals surface area contributed by atoms with Gasteiger partial charge in [-0.15, -0.1) is 0 Å². The van der Waals surface area contributed by atoms with E-state index in [2.05, 4.69) is 20.3 Å². The molecule has 1 atom stereocenters. The van der Waals surface area contributed by atoms with Crippen molar-refractivity contribution in [2.45, 2.75) is 32.4 Å². The molecule has 2 aromatic heterocycles. The molecule has 1 aliphatic heterocycles. The highest BCUT2D eigenvalue weighted by molar-refractivity contribution is 6.30. The van der Waals surface area contributed by atoms with Gasteiger partial charge in [-0.2, -0.15) is 0 Å². The third kappa shape index (κ3) is 4.55. The molecule has 4 rings (SSSR count). The maximum atomic E-state index is 14.4. The van der Waals surface area contributed by atoms with Gasteiger partial charge in [0, 0.05) is 35.7 Å². The van der Waals surface area contributed by atoms with Crippen LogP contribution in [0.25, 0.3) is 11.4 Å². The van der Waals surface area contributed by atoms with Crippen LogP contribution in [-0.2, 0) is 0 Å². The summed E-state index contributed by atoms with van der Waals surface area (Å²) in [5.74, 6) is -0.134. The van der Waals surface area contributed by atoms with Gasteiger partial charge in [0.15, 0.2) is 5.82 Å². The molecule has 0 aliphatic carbocycles. The van der Waals surface area contributed by atoms with Crippen LogP contribution in [-0.4, -0.2) is 45.0 Å². The number of carbonyl (C=O) groups excluding carboxylic acids is 1. The fourth-order valence-corrected chi connectivity index (χ4v) is 3.76. The second-order valence-corrected chi connectivity index (χ2v) is 8.40. The zero-order chi connectivity index (χ0) is 22.8. The summed E-state index contributed by atoms with van der Waals surface area (Å²) in [6.45, 7) is 4.38. The molecule has 1 aliphatic rings. The molecule has 1 saturated heterocycles. The van der Waals surface area contributed by atoms with Crippen molar-refractivity contribution >= 4 is 29.0 Å². The normalized spacial score (nSPS) is 15.9. The van der Waals surface area contributed by atoms with Crippen LogP contribution < -0.4 is 5.32 Å². The molecular formula is C23H22ClF2N5O. The number of halogens is 3. The van der Waals surface area contributed by atoms with Gasteiger partial charge >= 0.3 is 0 Å². The van der Waals surface area contributed by atoms with Gasteiger partial charge in [-0.05, 0) is 36.6 Å². The molecular weight excluding hydrogens is 436 g/mol. The average Bonchev–Trinajstić information content (AvgIpc) is 3.21. The van der Waals surface area contributed by atoms with Crippen molar-refractivity contribution < 1.29 is 13.6 Å². The van der Waals surface area contributed by atoms with E-state index in [1.165, 1.54) is 29.3 Å². The number of nitrogens with zero attached hydrogens (tertiary/aromatic N) is 4. The summed E-state index contributed by atoms with van der Waals surface area (Å²) in [5.41, 5.74) is 1.75. The number of nitrogens with one attached hydrogen (secondary N) is 1. The number of pyridine rings is 1. The SMILES string of the molecule is CC(C)c1cnc(-c2cc(Cl)ccc2F)nc1Nc1ccncc1C(=O)N1CCC(F)C1. The molecule has 0 bridgehead atoms. The summed E-state index contributed by atoms with van der Waals surface area (Å²) in [7, 11) is 0. The van der Waals surface area contributed by atoms with Crippen LogP contribution in [0.4, 0.5) is 20.3 Å². The second kappa shape index (κ2) is 9.16. The first-order chi connectivity index (χ1) is 15.3. The summed E-state index contributed by atoms with van der Waals surface area (Å²) in [6.07, 6.45) is 3.94. The number of amides is 1. The van der Waals surface area contributed by atoms with Gasteiger partial charge in [-0.3, -0.25) is 9.78 Å². The Morgan fingerprint density at radius 2 is 2.09 bits per heavy atom. The first kappa shape index (κ1) is 22.1. The summed E-state index contributed by atoms with van der Waals surface area (Å²) < 4.78 is 28.0. The molecule has 1 fully saturated rings. The number of aromatic nitrogens is 3. The Morgan fingerprint density at radius 1 is 1.28 bits per heavy atom. The van der Waals surface area contributed by atoms with Gasteiger partial charge in [0.25, 0.3) is 5.91 Å². The maximum Gasteiger partial charge on any atom is 0.257 e. The van der Waals surface area contributed by atoms with Crippen LogP contribution in [0.1, 0.15) is 42.1 Å². The molecule has 32 heavy (non-hydrogen) atoms. The average molecular weight is 458 g/mol. The number of benzene rings is 1. The monoisotopic (exact) mass is 457 g/mol. The fraction of sp³-hybridized carbons (Fsp3) is 0.304. The molecule has 1 amide bonds. The van der Waals surface area contributed by atoms with Gasteiger partial charge in [0.05, 0.1) is 23.4 Å². The number of hydrogen-bond acceptors (Lipinski definition) is 5. The van der Waals surface area contributed by atoms with E-state index in [-0.39, 0.29) is 29.8 Å². The minimum absolute atomic E-state index is 0.0580. The zero-order valence-electron chi connectivity index (χ0n) is 17.6. The Bertz CT molecular complexity index is 1160. The molecule has 1 aromatic carbocycles. The molecule has 9 heteroatoms. The molecule has 3 heterocycles. The van der Waals surface area contributed by atoms with Crippen molar-refractivity contribution in [3.8, 4) is 11.4 Å². The number of carbonyl (C=O) groups is 1. The lowest BCUT2D eigenvalue weighted by Crippen LogP contribution is -2.29. The zero-order valence-corrected chi connectivity index (χ0v) is 18.4. The van der Waals surface area contributed by atoms with E-state index >= 15 is 0 Å². The predicted octanol–water partition coefficient (Wildman–Crippen LogP) is 5.38. The third-order valence-corrected chi connectivity index (χ3v) is 5.57. The van der Waals surface area contributed by atoms with Crippen molar-refractivity contribution in [3.63, 3.8) is 0 Å². The van der Waals surface area contributed by atoms with Gasteiger partial charge in [-0.1, -0.05) is 25.4 Å². The van der Waals surface area contributed by atoms with Crippen LogP contribution in [0.3, 0.4) is 0 Å². The van der Waals surface area contributed by atoms with E-state index in [1.54, 1.807) is 18.5 Å². The van der Waals surface area contributed by atoms with Crippen molar-refractivity contribution in [1.29, 1.82) is 0 Å². The largest absolute Gasteiger partial charge is 0.339 e. The molecule has 6 nitrogen and oxygen atoms in total. The number of hydrogen-bond donors (Lipinski definition) is 1. The molecule has 3 aromatic rings. The minimum atomic E-state index is -1.02. The predicted molar refractivity (Wildman–Crippen MR) is 119 cm³/mol. The van der Waals surface area contributed by atoms with E-state index in [9.17, 15) is 13.6 Å². The first-order valence-electron chi connectivity index (χ1n) is 10.3. The Labute approximate surface area is 189 Å². The second-order valence-electron chi connectivity index (χ2n) is 7.96. The van der Waals surface area contributed by atoms with E-state index < -0.39 is 12.0 Å². The Hall–Kier alpha value is -3.13. The van der Waals surface area contributed by atoms with Crippen LogP contribution in [0.2, 0.25) is 5.02 Å². The lowest BCUT2D eigenvalue weighted by molar-refractivity contribution is 0.0783. The highest BCUT2D eigenvalue weighted by Crippen LogP contribution is 2.31. The Morgan fingerprint density at radius 3 is 2.81 bits per heavy atom. The molecule has 1 unspecified atom stereocenters. The third-order valence-electron chi connectivity index (χ3n) is 5.33. The van der Waals surface area contributed by atoms with Crippen LogP contribution in [0, 0.1) is 5.82 Å². The molecule has 166 valence electrons. The van der Waals surface area contributed by atoms with Crippen molar-refractivity contribution in [2.75, 3.05) is 18.4 Å². The summed E-state index contributed by atoms with van der Waals surface area (Å²) in [5, 5.41) is 3.56. The van der Waals surface area contributed by atoms with E-state index in [1.807, 2.05) is 13.8 Å².